The highest BCUT2D eigenvalue weighted by Gasteiger charge is 2.17. The van der Waals surface area contributed by atoms with Gasteiger partial charge in [0.15, 0.2) is 0 Å². The highest BCUT2D eigenvalue weighted by molar-refractivity contribution is 9.10. The van der Waals surface area contributed by atoms with Gasteiger partial charge in [0.1, 0.15) is 5.75 Å². The molecule has 0 aliphatic heterocycles. The Bertz CT molecular complexity index is 484. The quantitative estimate of drug-likeness (QED) is 0.718. The normalized spacial score (nSPS) is 20.0. The van der Waals surface area contributed by atoms with E-state index in [1.807, 2.05) is 6.07 Å². The predicted molar refractivity (Wildman–Crippen MR) is 92.9 cm³/mol. The first-order chi connectivity index (χ1) is 10.3. The number of ether oxygens (including phenoxy) is 1. The average molecular weight is 352 g/mol. The van der Waals surface area contributed by atoms with E-state index in [1.165, 1.54) is 44.1 Å². The summed E-state index contributed by atoms with van der Waals surface area (Å²) in [6.07, 6.45) is 10.3. The topological polar surface area (TPSA) is 21.3 Å². The molecule has 0 saturated carbocycles. The Kier molecular flexibility index (Phi) is 6.78. The summed E-state index contributed by atoms with van der Waals surface area (Å²) in [6.45, 7) is 3.15. The SMILES string of the molecule is CCNC(/C1=C/CCCCCC1)c1ccc(OC)c(Br)c1. The molecule has 0 heterocycles. The number of methoxy groups -OCH3 is 1. The molecule has 2 rings (SSSR count). The molecule has 0 aromatic heterocycles. The summed E-state index contributed by atoms with van der Waals surface area (Å²) in [7, 11) is 1.71. The molecule has 1 aliphatic rings. The van der Waals surface area contributed by atoms with Crippen molar-refractivity contribution in [1.29, 1.82) is 0 Å². The van der Waals surface area contributed by atoms with Crippen LogP contribution in [-0.2, 0) is 0 Å². The summed E-state index contributed by atoms with van der Waals surface area (Å²) in [6, 6.07) is 6.74. The van der Waals surface area contributed by atoms with Crippen LogP contribution >= 0.6 is 15.9 Å². The van der Waals surface area contributed by atoms with Crippen LogP contribution in [0.25, 0.3) is 0 Å². The number of likely N-dealkylation sites (N-methyl/N-ethyl adjacent to an activating group) is 1. The number of benzene rings is 1. The minimum absolute atomic E-state index is 0.329. The monoisotopic (exact) mass is 351 g/mol. The second-order valence-corrected chi connectivity index (χ2v) is 6.47. The molecule has 3 heteroatoms. The Labute approximate surface area is 137 Å². The van der Waals surface area contributed by atoms with Crippen LogP contribution in [0.2, 0.25) is 0 Å². The minimum Gasteiger partial charge on any atom is -0.496 e. The van der Waals surface area contributed by atoms with Gasteiger partial charge in [-0.15, -0.1) is 0 Å². The van der Waals surface area contributed by atoms with Crippen LogP contribution < -0.4 is 10.1 Å². The summed E-state index contributed by atoms with van der Waals surface area (Å²) >= 11 is 3.61. The molecule has 1 unspecified atom stereocenters. The Morgan fingerprint density at radius 3 is 2.76 bits per heavy atom. The van der Waals surface area contributed by atoms with Gasteiger partial charge in [0.2, 0.25) is 0 Å². The van der Waals surface area contributed by atoms with Crippen molar-refractivity contribution in [2.45, 2.75) is 51.5 Å². The molecule has 1 N–H and O–H groups in total. The van der Waals surface area contributed by atoms with Crippen LogP contribution in [0.4, 0.5) is 0 Å². The molecule has 1 atom stereocenters. The number of nitrogens with one attached hydrogen (secondary N) is 1. The summed E-state index contributed by atoms with van der Waals surface area (Å²) in [4.78, 5) is 0. The first kappa shape index (κ1) is 16.6. The summed E-state index contributed by atoms with van der Waals surface area (Å²) in [5, 5.41) is 3.65. The van der Waals surface area contributed by atoms with Crippen LogP contribution in [0.5, 0.6) is 5.75 Å². The fourth-order valence-corrected chi connectivity index (χ4v) is 3.57. The van der Waals surface area contributed by atoms with E-state index >= 15 is 0 Å². The largest absolute Gasteiger partial charge is 0.496 e. The van der Waals surface area contributed by atoms with Gasteiger partial charge in [-0.1, -0.05) is 37.5 Å². The Morgan fingerprint density at radius 2 is 2.05 bits per heavy atom. The van der Waals surface area contributed by atoms with E-state index in [1.54, 1.807) is 12.7 Å². The maximum atomic E-state index is 5.34. The molecular weight excluding hydrogens is 326 g/mol. The van der Waals surface area contributed by atoms with Gasteiger partial charge in [-0.3, -0.25) is 0 Å². The molecule has 0 amide bonds. The maximum Gasteiger partial charge on any atom is 0.133 e. The van der Waals surface area contributed by atoms with Gasteiger partial charge < -0.3 is 10.1 Å². The lowest BCUT2D eigenvalue weighted by Gasteiger charge is -2.24. The van der Waals surface area contributed by atoms with E-state index in [-0.39, 0.29) is 0 Å². The van der Waals surface area contributed by atoms with Crippen molar-refractivity contribution in [2.24, 2.45) is 0 Å². The fraction of sp³-hybridized carbons (Fsp3) is 0.556. The first-order valence-corrected chi connectivity index (χ1v) is 8.81. The zero-order chi connectivity index (χ0) is 15.1. The molecule has 0 radical (unpaired) electrons. The van der Waals surface area contributed by atoms with Gasteiger partial charge in [0.25, 0.3) is 0 Å². The smallest absolute Gasteiger partial charge is 0.133 e. The van der Waals surface area contributed by atoms with E-state index in [4.69, 9.17) is 4.74 Å². The minimum atomic E-state index is 0.329. The lowest BCUT2D eigenvalue weighted by molar-refractivity contribution is 0.411. The molecule has 21 heavy (non-hydrogen) atoms. The maximum absolute atomic E-state index is 5.34. The summed E-state index contributed by atoms with van der Waals surface area (Å²) in [5.41, 5.74) is 2.87. The fourth-order valence-electron chi connectivity index (χ4n) is 3.01. The van der Waals surface area contributed by atoms with E-state index in [9.17, 15) is 0 Å². The molecule has 1 aromatic carbocycles. The Hall–Kier alpha value is -0.800. The lowest BCUT2D eigenvalue weighted by Crippen LogP contribution is -2.23. The van der Waals surface area contributed by atoms with E-state index in [2.05, 4.69) is 46.4 Å². The molecule has 1 aliphatic carbocycles. The van der Waals surface area contributed by atoms with Crippen molar-refractivity contribution in [3.8, 4) is 5.75 Å². The highest BCUT2D eigenvalue weighted by atomic mass is 79.9. The molecule has 1 aromatic rings. The van der Waals surface area contributed by atoms with Crippen molar-refractivity contribution in [3.05, 3.63) is 39.9 Å². The van der Waals surface area contributed by atoms with Crippen LogP contribution in [0.1, 0.15) is 57.1 Å². The Morgan fingerprint density at radius 1 is 1.24 bits per heavy atom. The molecule has 0 bridgehead atoms. The van der Waals surface area contributed by atoms with Gasteiger partial charge in [0, 0.05) is 0 Å². The van der Waals surface area contributed by atoms with Crippen LogP contribution in [0.3, 0.4) is 0 Å². The molecular formula is C18H26BrNO. The zero-order valence-corrected chi connectivity index (χ0v) is 14.7. The lowest BCUT2D eigenvalue weighted by atomic mass is 9.91. The van der Waals surface area contributed by atoms with Crippen LogP contribution in [0, 0.1) is 0 Å². The highest BCUT2D eigenvalue weighted by Crippen LogP contribution is 2.33. The second kappa shape index (κ2) is 8.60. The standard InChI is InChI=1S/C18H26BrNO/c1-3-20-18(14-9-7-5-4-6-8-10-14)15-11-12-17(21-2)16(19)13-15/h9,11-13,18,20H,3-8,10H2,1-2H3/b14-9+. The van der Waals surface area contributed by atoms with Crippen molar-refractivity contribution >= 4 is 15.9 Å². The molecule has 0 fully saturated rings. The van der Waals surface area contributed by atoms with Gasteiger partial charge in [0.05, 0.1) is 17.6 Å². The van der Waals surface area contributed by atoms with E-state index < -0.39 is 0 Å². The van der Waals surface area contributed by atoms with E-state index in [0.29, 0.717) is 6.04 Å². The summed E-state index contributed by atoms with van der Waals surface area (Å²) < 4.78 is 6.36. The second-order valence-electron chi connectivity index (χ2n) is 5.62. The third-order valence-corrected chi connectivity index (χ3v) is 4.73. The van der Waals surface area contributed by atoms with E-state index in [0.717, 1.165) is 16.8 Å². The zero-order valence-electron chi connectivity index (χ0n) is 13.1. The molecule has 2 nitrogen and oxygen atoms in total. The summed E-state index contributed by atoms with van der Waals surface area (Å²) in [5.74, 6) is 0.889. The predicted octanol–water partition coefficient (Wildman–Crippen LogP) is 5.39. The number of rotatable bonds is 5. The average Bonchev–Trinajstić information content (AvgIpc) is 2.45. The molecule has 0 spiro atoms. The number of halogens is 1. The van der Waals surface area contributed by atoms with Crippen molar-refractivity contribution < 1.29 is 4.74 Å². The molecule has 116 valence electrons. The van der Waals surface area contributed by atoms with Crippen molar-refractivity contribution in [1.82, 2.24) is 5.32 Å². The van der Waals surface area contributed by atoms with Crippen molar-refractivity contribution in [2.75, 3.05) is 13.7 Å². The van der Waals surface area contributed by atoms with Crippen LogP contribution in [-0.4, -0.2) is 13.7 Å². The van der Waals surface area contributed by atoms with Gasteiger partial charge in [-0.2, -0.15) is 0 Å². The van der Waals surface area contributed by atoms with Gasteiger partial charge >= 0.3 is 0 Å². The number of hydrogen-bond donors (Lipinski definition) is 1. The van der Waals surface area contributed by atoms with Crippen molar-refractivity contribution in [3.63, 3.8) is 0 Å². The molecule has 0 saturated heterocycles. The van der Waals surface area contributed by atoms with Gasteiger partial charge in [-0.05, 0) is 65.9 Å². The Balaban J connectivity index is 2.26. The number of allylic oxidation sites excluding steroid dienone is 1. The third kappa shape index (κ3) is 4.58. The first-order valence-electron chi connectivity index (χ1n) is 8.02. The van der Waals surface area contributed by atoms with Gasteiger partial charge in [-0.25, -0.2) is 0 Å². The third-order valence-electron chi connectivity index (χ3n) is 4.11. The number of hydrogen-bond acceptors (Lipinski definition) is 2. The van der Waals surface area contributed by atoms with Crippen LogP contribution in [0.15, 0.2) is 34.3 Å².